The zero-order valence-electron chi connectivity index (χ0n) is 20.0. The van der Waals surface area contributed by atoms with Gasteiger partial charge in [-0.2, -0.15) is 0 Å². The van der Waals surface area contributed by atoms with Crippen LogP contribution in [0.2, 0.25) is 0 Å². The Bertz CT molecular complexity index is 1210. The highest BCUT2D eigenvalue weighted by molar-refractivity contribution is 7.99. The Hall–Kier alpha value is -3.33. The molecule has 0 bridgehead atoms. The molecule has 1 saturated carbocycles. The molecule has 9 heteroatoms. The first-order valence-electron chi connectivity index (χ1n) is 12.0. The van der Waals surface area contributed by atoms with E-state index < -0.39 is 5.41 Å². The summed E-state index contributed by atoms with van der Waals surface area (Å²) in [6, 6.07) is 17.6. The fraction of sp³-hybridized carbons (Fsp3) is 0.385. The van der Waals surface area contributed by atoms with Crippen LogP contribution in [-0.4, -0.2) is 62.5 Å². The molecule has 2 heterocycles. The van der Waals surface area contributed by atoms with Gasteiger partial charge in [0.15, 0.2) is 11.0 Å². The van der Waals surface area contributed by atoms with E-state index in [9.17, 15) is 9.59 Å². The average Bonchev–Trinajstić information content (AvgIpc) is 3.38. The first-order chi connectivity index (χ1) is 17.1. The predicted octanol–water partition coefficient (Wildman–Crippen LogP) is 3.77. The standard InChI is InChI=1S/C26H29N5O3S/c1-3-29-23(19-10-12-21(34-2)13-11-19)27-28-25(29)35-18-22(32)30-16-7-17-31(30)24(33)26(14-15-26)20-8-5-4-6-9-20/h4-6,8-13H,3,7,14-18H2,1-2H3. The number of nitrogens with zero attached hydrogens (tertiary/aromatic N) is 5. The molecule has 8 nitrogen and oxygen atoms in total. The van der Waals surface area contributed by atoms with Crippen molar-refractivity contribution in [3.05, 3.63) is 60.2 Å². The Kier molecular flexibility index (Phi) is 6.51. The van der Waals surface area contributed by atoms with Crippen LogP contribution < -0.4 is 4.74 Å². The van der Waals surface area contributed by atoms with E-state index in [2.05, 4.69) is 10.2 Å². The predicted molar refractivity (Wildman–Crippen MR) is 134 cm³/mol. The molecule has 2 aromatic carbocycles. The second-order valence-electron chi connectivity index (χ2n) is 8.81. The second kappa shape index (κ2) is 9.73. The number of benzene rings is 2. The van der Waals surface area contributed by atoms with Crippen molar-refractivity contribution in [3.63, 3.8) is 0 Å². The molecular formula is C26H29N5O3S. The van der Waals surface area contributed by atoms with E-state index in [1.54, 1.807) is 17.1 Å². The number of hydrazine groups is 1. The molecule has 1 saturated heterocycles. The number of aromatic nitrogens is 3. The van der Waals surface area contributed by atoms with E-state index in [1.807, 2.05) is 66.1 Å². The van der Waals surface area contributed by atoms with E-state index in [4.69, 9.17) is 4.74 Å². The van der Waals surface area contributed by atoms with Gasteiger partial charge in [-0.3, -0.25) is 19.6 Å². The van der Waals surface area contributed by atoms with Crippen LogP contribution >= 0.6 is 11.8 Å². The summed E-state index contributed by atoms with van der Waals surface area (Å²) in [5.74, 6) is 1.69. The second-order valence-corrected chi connectivity index (χ2v) is 9.76. The lowest BCUT2D eigenvalue weighted by Gasteiger charge is -2.31. The molecule has 0 atom stereocenters. The number of hydrogen-bond donors (Lipinski definition) is 0. The van der Waals surface area contributed by atoms with Gasteiger partial charge < -0.3 is 9.30 Å². The molecule has 35 heavy (non-hydrogen) atoms. The van der Waals surface area contributed by atoms with E-state index in [0.717, 1.165) is 42.0 Å². The van der Waals surface area contributed by atoms with Crippen molar-refractivity contribution in [3.8, 4) is 17.1 Å². The van der Waals surface area contributed by atoms with Gasteiger partial charge in [-0.25, -0.2) is 0 Å². The first kappa shape index (κ1) is 23.4. The van der Waals surface area contributed by atoms with Crippen LogP contribution in [-0.2, 0) is 21.5 Å². The van der Waals surface area contributed by atoms with Crippen molar-refractivity contribution in [2.45, 2.75) is 43.3 Å². The summed E-state index contributed by atoms with van der Waals surface area (Å²) >= 11 is 1.36. The number of rotatable bonds is 8. The number of carbonyl (C=O) groups excluding carboxylic acids is 2. The average molecular weight is 492 g/mol. The summed E-state index contributed by atoms with van der Waals surface area (Å²) < 4.78 is 7.24. The Morgan fingerprint density at radius 3 is 2.37 bits per heavy atom. The zero-order valence-corrected chi connectivity index (χ0v) is 20.8. The third kappa shape index (κ3) is 4.40. The van der Waals surface area contributed by atoms with Crippen LogP contribution in [0.4, 0.5) is 0 Å². The fourth-order valence-corrected chi connectivity index (χ4v) is 5.54. The van der Waals surface area contributed by atoms with Crippen molar-refractivity contribution >= 4 is 23.6 Å². The third-order valence-corrected chi connectivity index (χ3v) is 7.70. The van der Waals surface area contributed by atoms with Crippen molar-refractivity contribution < 1.29 is 14.3 Å². The number of thioether (sulfide) groups is 1. The highest BCUT2D eigenvalue weighted by atomic mass is 32.2. The molecule has 0 unspecified atom stereocenters. The molecule has 2 fully saturated rings. The number of ether oxygens (including phenoxy) is 1. The Balaban J connectivity index is 1.27. The van der Waals surface area contributed by atoms with Crippen LogP contribution in [0.15, 0.2) is 59.8 Å². The maximum Gasteiger partial charge on any atom is 0.251 e. The summed E-state index contributed by atoms with van der Waals surface area (Å²) in [6.07, 6.45) is 2.45. The Morgan fingerprint density at radius 2 is 1.71 bits per heavy atom. The molecule has 1 aliphatic carbocycles. The molecule has 2 amide bonds. The summed E-state index contributed by atoms with van der Waals surface area (Å²) in [6.45, 7) is 3.85. The SMILES string of the molecule is CCn1c(SCC(=O)N2CCCN2C(=O)C2(c3ccccc3)CC2)nnc1-c1ccc(OC)cc1. The number of amides is 2. The molecule has 0 N–H and O–H groups in total. The summed E-state index contributed by atoms with van der Waals surface area (Å²) in [5, 5.41) is 12.7. The van der Waals surface area contributed by atoms with Gasteiger partial charge >= 0.3 is 0 Å². The lowest BCUT2D eigenvalue weighted by atomic mass is 9.95. The van der Waals surface area contributed by atoms with Gasteiger partial charge in [0, 0.05) is 25.2 Å². The molecule has 0 radical (unpaired) electrons. The van der Waals surface area contributed by atoms with E-state index in [-0.39, 0.29) is 17.6 Å². The van der Waals surface area contributed by atoms with Gasteiger partial charge in [0.05, 0.1) is 18.3 Å². The van der Waals surface area contributed by atoms with Gasteiger partial charge in [0.25, 0.3) is 11.8 Å². The molecule has 2 aliphatic rings. The van der Waals surface area contributed by atoms with Crippen LogP contribution in [0.1, 0.15) is 31.7 Å². The third-order valence-electron chi connectivity index (χ3n) is 6.75. The van der Waals surface area contributed by atoms with Gasteiger partial charge in [-0.05, 0) is 56.0 Å². The molecule has 3 aromatic rings. The molecular weight excluding hydrogens is 462 g/mol. The lowest BCUT2D eigenvalue weighted by Crippen LogP contribution is -2.49. The van der Waals surface area contributed by atoms with Crippen LogP contribution in [0.3, 0.4) is 0 Å². The monoisotopic (exact) mass is 491 g/mol. The quantitative estimate of drug-likeness (QED) is 0.446. The number of hydrogen-bond acceptors (Lipinski definition) is 6. The fourth-order valence-electron chi connectivity index (χ4n) is 4.67. The minimum absolute atomic E-state index is 0.0399. The zero-order chi connectivity index (χ0) is 24.4. The van der Waals surface area contributed by atoms with Crippen molar-refractivity contribution in [2.75, 3.05) is 26.0 Å². The normalized spacial score (nSPS) is 16.4. The van der Waals surface area contributed by atoms with Gasteiger partial charge in [0.2, 0.25) is 0 Å². The molecule has 1 aliphatic heterocycles. The number of methoxy groups -OCH3 is 1. The van der Waals surface area contributed by atoms with Crippen LogP contribution in [0.5, 0.6) is 5.75 Å². The van der Waals surface area contributed by atoms with Crippen molar-refractivity contribution in [1.29, 1.82) is 0 Å². The minimum atomic E-state index is -0.479. The lowest BCUT2D eigenvalue weighted by molar-refractivity contribution is -0.158. The molecule has 1 aromatic heterocycles. The highest BCUT2D eigenvalue weighted by Crippen LogP contribution is 2.50. The van der Waals surface area contributed by atoms with Crippen molar-refractivity contribution in [2.24, 2.45) is 0 Å². The maximum absolute atomic E-state index is 13.5. The van der Waals surface area contributed by atoms with E-state index in [0.29, 0.717) is 24.8 Å². The first-order valence-corrected chi connectivity index (χ1v) is 12.9. The maximum atomic E-state index is 13.5. The minimum Gasteiger partial charge on any atom is -0.497 e. The highest BCUT2D eigenvalue weighted by Gasteiger charge is 2.54. The number of carbonyl (C=O) groups is 2. The Labute approximate surface area is 209 Å². The molecule has 0 spiro atoms. The summed E-state index contributed by atoms with van der Waals surface area (Å²) in [7, 11) is 1.64. The smallest absolute Gasteiger partial charge is 0.251 e. The molecule has 5 rings (SSSR count). The van der Waals surface area contributed by atoms with E-state index in [1.165, 1.54) is 11.8 Å². The van der Waals surface area contributed by atoms with Crippen molar-refractivity contribution in [1.82, 2.24) is 24.8 Å². The van der Waals surface area contributed by atoms with Gasteiger partial charge in [0.1, 0.15) is 5.75 Å². The van der Waals surface area contributed by atoms with Gasteiger partial charge in [-0.15, -0.1) is 10.2 Å². The topological polar surface area (TPSA) is 80.6 Å². The van der Waals surface area contributed by atoms with Crippen LogP contribution in [0.25, 0.3) is 11.4 Å². The molecule has 182 valence electrons. The summed E-state index contributed by atoms with van der Waals surface area (Å²) in [4.78, 5) is 26.7. The van der Waals surface area contributed by atoms with Gasteiger partial charge in [-0.1, -0.05) is 42.1 Å². The largest absolute Gasteiger partial charge is 0.497 e. The van der Waals surface area contributed by atoms with E-state index >= 15 is 0 Å². The summed E-state index contributed by atoms with van der Waals surface area (Å²) in [5.41, 5.74) is 1.50. The van der Waals surface area contributed by atoms with Crippen LogP contribution in [0, 0.1) is 0 Å². The Morgan fingerprint density at radius 1 is 1.00 bits per heavy atom.